The predicted octanol–water partition coefficient (Wildman–Crippen LogP) is 2.78. The highest BCUT2D eigenvalue weighted by atomic mass is 127. The van der Waals surface area contributed by atoms with Crippen molar-refractivity contribution < 1.29 is 9.63 Å². The highest BCUT2D eigenvalue weighted by Crippen LogP contribution is 2.32. The van der Waals surface area contributed by atoms with Gasteiger partial charge in [0.15, 0.2) is 0 Å². The molecular weight excluding hydrogens is 343 g/mol. The van der Waals surface area contributed by atoms with Gasteiger partial charge in [0.2, 0.25) is 0 Å². The number of rotatable bonds is 3. The molecule has 2 aliphatic rings. The summed E-state index contributed by atoms with van der Waals surface area (Å²) < 4.78 is 0.316. The summed E-state index contributed by atoms with van der Waals surface area (Å²) in [6.45, 7) is 1.27. The van der Waals surface area contributed by atoms with E-state index in [0.29, 0.717) is 10.7 Å². The average Bonchev–Trinajstić information content (AvgIpc) is 2.67. The molecule has 2 bridgehead atoms. The Balaban J connectivity index is 1.65. The molecule has 0 saturated carbocycles. The van der Waals surface area contributed by atoms with Crippen molar-refractivity contribution in [2.45, 2.75) is 29.5 Å². The first kappa shape index (κ1) is 12.2. The highest BCUT2D eigenvalue weighted by molar-refractivity contribution is 14.1. The van der Waals surface area contributed by atoms with Crippen molar-refractivity contribution in [1.82, 2.24) is 9.96 Å². The maximum atomic E-state index is 12.1. The highest BCUT2D eigenvalue weighted by Gasteiger charge is 2.44. The molecule has 5 heteroatoms. The van der Waals surface area contributed by atoms with Gasteiger partial charge in [-0.25, -0.2) is 4.79 Å². The quantitative estimate of drug-likeness (QED) is 0.473. The van der Waals surface area contributed by atoms with Crippen molar-refractivity contribution >= 4 is 28.6 Å². The van der Waals surface area contributed by atoms with Gasteiger partial charge in [-0.05, 0) is 18.4 Å². The van der Waals surface area contributed by atoms with Crippen molar-refractivity contribution in [3.8, 4) is 0 Å². The first-order chi connectivity index (χ1) is 8.75. The monoisotopic (exact) mass is 358 g/mol. The smallest absolute Gasteiger partial charge is 0.309 e. The van der Waals surface area contributed by atoms with Gasteiger partial charge in [-0.3, -0.25) is 4.84 Å². The van der Waals surface area contributed by atoms with Crippen molar-refractivity contribution in [3.63, 3.8) is 0 Å². The largest absolute Gasteiger partial charge is 0.345 e. The lowest BCUT2D eigenvalue weighted by atomic mass is 10.1. The minimum Gasteiger partial charge on any atom is -0.309 e. The Labute approximate surface area is 120 Å². The fourth-order valence-corrected chi connectivity index (χ4v) is 3.29. The Kier molecular flexibility index (Phi) is 3.43. The number of urea groups is 1. The van der Waals surface area contributed by atoms with Crippen LogP contribution in [0.1, 0.15) is 18.4 Å². The molecule has 0 unspecified atom stereocenters. The molecule has 4 nitrogen and oxygen atoms in total. The van der Waals surface area contributed by atoms with Crippen LogP contribution in [0.3, 0.4) is 0 Å². The Bertz CT molecular complexity index is 440. The number of hydroxylamine groups is 2. The number of carbonyl (C=O) groups is 1. The Morgan fingerprint density at radius 1 is 1.28 bits per heavy atom. The van der Waals surface area contributed by atoms with Crippen LogP contribution < -0.4 is 0 Å². The second kappa shape index (κ2) is 5.05. The molecule has 18 heavy (non-hydrogen) atoms. The Morgan fingerprint density at radius 2 is 2.06 bits per heavy atom. The van der Waals surface area contributed by atoms with E-state index in [1.807, 2.05) is 35.2 Å². The van der Waals surface area contributed by atoms with Crippen LogP contribution in [0, 0.1) is 0 Å². The average molecular weight is 358 g/mol. The fraction of sp³-hybridized carbons (Fsp3) is 0.462. The first-order valence-electron chi connectivity index (χ1n) is 6.16. The van der Waals surface area contributed by atoms with E-state index in [4.69, 9.17) is 4.84 Å². The van der Waals surface area contributed by atoms with E-state index in [9.17, 15) is 4.79 Å². The van der Waals surface area contributed by atoms with E-state index in [0.717, 1.165) is 24.9 Å². The third-order valence-corrected chi connectivity index (χ3v) is 4.76. The van der Waals surface area contributed by atoms with E-state index in [2.05, 4.69) is 22.6 Å². The molecule has 96 valence electrons. The molecule has 2 atom stereocenters. The van der Waals surface area contributed by atoms with Crippen LogP contribution in [0.2, 0.25) is 0 Å². The molecule has 2 heterocycles. The van der Waals surface area contributed by atoms with E-state index in [1.54, 1.807) is 5.06 Å². The van der Waals surface area contributed by atoms with Crippen LogP contribution in [0.15, 0.2) is 30.3 Å². The van der Waals surface area contributed by atoms with E-state index >= 15 is 0 Å². The summed E-state index contributed by atoms with van der Waals surface area (Å²) in [6.07, 6.45) is 2.09. The number of hydrogen-bond acceptors (Lipinski definition) is 2. The number of piperidine rings is 1. The summed E-state index contributed by atoms with van der Waals surface area (Å²) in [7, 11) is 0. The standard InChI is InChI=1S/C13H15IN2O2/c14-12-7-6-11-8-15(12)13(17)16(11)18-9-10-4-2-1-3-5-10/h1-5,11-12H,6-9H2/t11-,12-/m0/s1. The zero-order valence-electron chi connectivity index (χ0n) is 9.96. The third-order valence-electron chi connectivity index (χ3n) is 3.46. The minimum absolute atomic E-state index is 0.0211. The summed E-state index contributed by atoms with van der Waals surface area (Å²) in [5, 5.41) is 1.58. The molecule has 1 aromatic rings. The van der Waals surface area contributed by atoms with Crippen LogP contribution in [-0.2, 0) is 11.4 Å². The van der Waals surface area contributed by atoms with Gasteiger partial charge in [0.25, 0.3) is 0 Å². The van der Waals surface area contributed by atoms with Gasteiger partial charge in [-0.1, -0.05) is 52.9 Å². The summed E-state index contributed by atoms with van der Waals surface area (Å²) in [5.74, 6) is 0. The molecule has 2 saturated heterocycles. The number of amides is 2. The zero-order valence-corrected chi connectivity index (χ0v) is 12.1. The lowest BCUT2D eigenvalue weighted by molar-refractivity contribution is -0.140. The maximum Gasteiger partial charge on any atom is 0.345 e. The van der Waals surface area contributed by atoms with Gasteiger partial charge in [0, 0.05) is 6.54 Å². The van der Waals surface area contributed by atoms with Crippen molar-refractivity contribution in [1.29, 1.82) is 0 Å². The number of alkyl halides is 1. The van der Waals surface area contributed by atoms with Crippen LogP contribution in [0.4, 0.5) is 4.79 Å². The molecule has 0 aromatic heterocycles. The number of hydrogen-bond donors (Lipinski definition) is 0. The zero-order chi connectivity index (χ0) is 12.5. The molecule has 0 N–H and O–H groups in total. The molecule has 0 radical (unpaired) electrons. The van der Waals surface area contributed by atoms with Crippen LogP contribution in [-0.4, -0.2) is 32.6 Å². The first-order valence-corrected chi connectivity index (χ1v) is 7.41. The fourth-order valence-electron chi connectivity index (χ4n) is 2.47. The molecule has 2 aliphatic heterocycles. The molecule has 3 rings (SSSR count). The number of fused-ring (bicyclic) bond motifs is 2. The predicted molar refractivity (Wildman–Crippen MR) is 76.0 cm³/mol. The van der Waals surface area contributed by atoms with E-state index in [-0.39, 0.29) is 12.1 Å². The number of halogens is 1. The maximum absolute atomic E-state index is 12.1. The van der Waals surface area contributed by atoms with Gasteiger partial charge in [-0.2, -0.15) is 5.06 Å². The number of carbonyl (C=O) groups excluding carboxylic acids is 1. The number of nitrogens with zero attached hydrogens (tertiary/aromatic N) is 2. The number of benzene rings is 1. The minimum atomic E-state index is 0.0211. The molecule has 0 spiro atoms. The second-order valence-electron chi connectivity index (χ2n) is 4.69. The van der Waals surface area contributed by atoms with Crippen molar-refractivity contribution in [3.05, 3.63) is 35.9 Å². The van der Waals surface area contributed by atoms with Gasteiger partial charge in [-0.15, -0.1) is 0 Å². The second-order valence-corrected chi connectivity index (χ2v) is 6.12. The van der Waals surface area contributed by atoms with Crippen LogP contribution in [0.25, 0.3) is 0 Å². The van der Waals surface area contributed by atoms with Crippen LogP contribution in [0.5, 0.6) is 0 Å². The summed E-state index contributed by atoms with van der Waals surface area (Å²) in [6, 6.07) is 10.2. The molecular formula is C13H15IN2O2. The summed E-state index contributed by atoms with van der Waals surface area (Å²) in [5.41, 5.74) is 1.09. The molecule has 1 aromatic carbocycles. The van der Waals surface area contributed by atoms with Gasteiger partial charge < -0.3 is 4.90 Å². The lowest BCUT2D eigenvalue weighted by Gasteiger charge is -2.25. The summed E-state index contributed by atoms with van der Waals surface area (Å²) in [4.78, 5) is 19.7. The topological polar surface area (TPSA) is 32.8 Å². The van der Waals surface area contributed by atoms with E-state index < -0.39 is 0 Å². The van der Waals surface area contributed by atoms with Gasteiger partial charge in [0.05, 0.1) is 10.1 Å². The lowest BCUT2D eigenvalue weighted by Crippen LogP contribution is -2.35. The van der Waals surface area contributed by atoms with Gasteiger partial charge in [0.1, 0.15) is 6.61 Å². The van der Waals surface area contributed by atoms with Gasteiger partial charge >= 0.3 is 6.03 Å². The van der Waals surface area contributed by atoms with Crippen molar-refractivity contribution in [2.75, 3.05) is 6.54 Å². The normalized spacial score (nSPS) is 26.8. The Morgan fingerprint density at radius 3 is 2.78 bits per heavy atom. The molecule has 0 aliphatic carbocycles. The van der Waals surface area contributed by atoms with Crippen LogP contribution >= 0.6 is 22.6 Å². The third kappa shape index (κ3) is 2.21. The molecule has 2 amide bonds. The molecule has 2 fully saturated rings. The SMILES string of the molecule is O=C1N2C[C@H](CC[C@H]2I)N1OCc1ccccc1. The van der Waals surface area contributed by atoms with E-state index in [1.165, 1.54) is 0 Å². The Hall–Kier alpha value is -0.820. The summed E-state index contributed by atoms with van der Waals surface area (Å²) >= 11 is 2.33. The van der Waals surface area contributed by atoms with Crippen molar-refractivity contribution in [2.24, 2.45) is 0 Å².